The number of hydrogen-bond acceptors (Lipinski definition) is 2. The third kappa shape index (κ3) is 2.41. The van der Waals surface area contributed by atoms with Crippen LogP contribution in [0.25, 0.3) is 0 Å². The summed E-state index contributed by atoms with van der Waals surface area (Å²) >= 11 is 0. The number of methoxy groups -OCH3 is 1. The molecule has 84 valence electrons. The number of ether oxygens (including phenoxy) is 1. The molecule has 2 N–H and O–H groups in total. The number of hydrogen-bond donors (Lipinski definition) is 1. The highest BCUT2D eigenvalue weighted by Crippen LogP contribution is 2.28. The Labute approximate surface area is 91.2 Å². The standard InChI is InChI=1S/C12H20N2O/c1-15-7-3-6-14-8-10-4-2-5-12(13)11(10)9-14/h8-9,12H,2-7,13H2,1H3. The molecule has 0 bridgehead atoms. The van der Waals surface area contributed by atoms with E-state index in [4.69, 9.17) is 10.5 Å². The zero-order valence-electron chi connectivity index (χ0n) is 9.41. The van der Waals surface area contributed by atoms with Crippen LogP contribution in [-0.4, -0.2) is 18.3 Å². The summed E-state index contributed by atoms with van der Waals surface area (Å²) in [6.45, 7) is 1.86. The van der Waals surface area contributed by atoms with Gasteiger partial charge < -0.3 is 15.0 Å². The Hall–Kier alpha value is -0.800. The summed E-state index contributed by atoms with van der Waals surface area (Å²) in [7, 11) is 1.75. The van der Waals surface area contributed by atoms with Gasteiger partial charge in [-0.3, -0.25) is 0 Å². The molecule has 0 spiro atoms. The lowest BCUT2D eigenvalue weighted by atomic mass is 9.92. The second kappa shape index (κ2) is 4.81. The molecule has 0 radical (unpaired) electrons. The van der Waals surface area contributed by atoms with E-state index in [1.54, 1.807) is 7.11 Å². The summed E-state index contributed by atoms with van der Waals surface area (Å²) in [6.07, 6.45) is 9.10. The Morgan fingerprint density at radius 1 is 1.53 bits per heavy atom. The fraction of sp³-hybridized carbons (Fsp3) is 0.667. The molecule has 0 saturated carbocycles. The summed E-state index contributed by atoms with van der Waals surface area (Å²) in [6, 6.07) is 0.262. The predicted octanol–water partition coefficient (Wildman–Crippen LogP) is 1.86. The lowest BCUT2D eigenvalue weighted by Crippen LogP contribution is -2.15. The van der Waals surface area contributed by atoms with Crippen molar-refractivity contribution in [1.29, 1.82) is 0 Å². The van der Waals surface area contributed by atoms with E-state index in [0.29, 0.717) is 0 Å². The largest absolute Gasteiger partial charge is 0.385 e. The van der Waals surface area contributed by atoms with Crippen LogP contribution in [0.5, 0.6) is 0 Å². The molecule has 1 aliphatic carbocycles. The Morgan fingerprint density at radius 2 is 2.40 bits per heavy atom. The Kier molecular flexibility index (Phi) is 3.44. The maximum Gasteiger partial charge on any atom is 0.0479 e. The molecule has 1 heterocycles. The van der Waals surface area contributed by atoms with Gasteiger partial charge in [-0.2, -0.15) is 0 Å². The molecule has 3 nitrogen and oxygen atoms in total. The van der Waals surface area contributed by atoms with Gasteiger partial charge in [-0.15, -0.1) is 0 Å². The van der Waals surface area contributed by atoms with Crippen molar-refractivity contribution in [2.45, 2.75) is 38.3 Å². The van der Waals surface area contributed by atoms with Gasteiger partial charge >= 0.3 is 0 Å². The quantitative estimate of drug-likeness (QED) is 0.767. The monoisotopic (exact) mass is 208 g/mol. The first kappa shape index (κ1) is 10.7. The van der Waals surface area contributed by atoms with Crippen LogP contribution in [-0.2, 0) is 17.7 Å². The zero-order valence-corrected chi connectivity index (χ0v) is 9.41. The van der Waals surface area contributed by atoms with Crippen LogP contribution in [0.2, 0.25) is 0 Å². The summed E-state index contributed by atoms with van der Waals surface area (Å²) in [5, 5.41) is 0. The topological polar surface area (TPSA) is 40.2 Å². The summed E-state index contributed by atoms with van der Waals surface area (Å²) < 4.78 is 7.31. The van der Waals surface area contributed by atoms with E-state index in [1.807, 2.05) is 0 Å². The maximum atomic E-state index is 6.08. The van der Waals surface area contributed by atoms with E-state index in [0.717, 1.165) is 26.0 Å². The van der Waals surface area contributed by atoms with Crippen LogP contribution in [0.1, 0.15) is 36.4 Å². The molecule has 1 aromatic heterocycles. The molecule has 0 aromatic carbocycles. The molecule has 0 saturated heterocycles. The van der Waals surface area contributed by atoms with Crippen molar-refractivity contribution in [2.24, 2.45) is 5.73 Å². The van der Waals surface area contributed by atoms with Gasteiger partial charge in [0.05, 0.1) is 0 Å². The second-order valence-electron chi connectivity index (χ2n) is 4.32. The molecule has 0 amide bonds. The second-order valence-corrected chi connectivity index (χ2v) is 4.32. The van der Waals surface area contributed by atoms with Crippen molar-refractivity contribution in [3.63, 3.8) is 0 Å². The first-order valence-corrected chi connectivity index (χ1v) is 5.74. The minimum absolute atomic E-state index is 0.262. The van der Waals surface area contributed by atoms with E-state index in [2.05, 4.69) is 17.0 Å². The predicted molar refractivity (Wildman–Crippen MR) is 60.8 cm³/mol. The van der Waals surface area contributed by atoms with Crippen molar-refractivity contribution in [3.05, 3.63) is 23.5 Å². The molecule has 1 unspecified atom stereocenters. The molecular weight excluding hydrogens is 188 g/mol. The SMILES string of the molecule is COCCCn1cc2c(c1)C(N)CCC2. The van der Waals surface area contributed by atoms with Gasteiger partial charge in [0.15, 0.2) is 0 Å². The smallest absolute Gasteiger partial charge is 0.0479 e. The van der Waals surface area contributed by atoms with Crippen LogP contribution < -0.4 is 5.73 Å². The van der Waals surface area contributed by atoms with Gasteiger partial charge in [0.1, 0.15) is 0 Å². The summed E-state index contributed by atoms with van der Waals surface area (Å²) in [4.78, 5) is 0. The van der Waals surface area contributed by atoms with E-state index < -0.39 is 0 Å². The van der Waals surface area contributed by atoms with Gasteiger partial charge in [-0.25, -0.2) is 0 Å². The highest BCUT2D eigenvalue weighted by atomic mass is 16.5. The number of rotatable bonds is 4. The first-order chi connectivity index (χ1) is 7.31. The van der Waals surface area contributed by atoms with Gasteiger partial charge in [-0.05, 0) is 36.8 Å². The van der Waals surface area contributed by atoms with Gasteiger partial charge in [0.25, 0.3) is 0 Å². The number of nitrogens with two attached hydrogens (primary N) is 1. The normalized spacial score (nSPS) is 20.3. The van der Waals surface area contributed by atoms with Crippen LogP contribution in [0.3, 0.4) is 0 Å². The van der Waals surface area contributed by atoms with Crippen molar-refractivity contribution in [1.82, 2.24) is 4.57 Å². The summed E-state index contributed by atoms with van der Waals surface area (Å²) in [5.74, 6) is 0. The molecule has 1 aromatic rings. The fourth-order valence-electron chi connectivity index (χ4n) is 2.30. The minimum atomic E-state index is 0.262. The molecule has 15 heavy (non-hydrogen) atoms. The summed E-state index contributed by atoms with van der Waals surface area (Å²) in [5.41, 5.74) is 8.89. The Bertz CT molecular complexity index is 319. The minimum Gasteiger partial charge on any atom is -0.385 e. The highest BCUT2D eigenvalue weighted by molar-refractivity contribution is 5.29. The zero-order chi connectivity index (χ0) is 10.7. The van der Waals surface area contributed by atoms with Gasteiger partial charge in [0, 0.05) is 38.7 Å². The average molecular weight is 208 g/mol. The van der Waals surface area contributed by atoms with Crippen molar-refractivity contribution < 1.29 is 4.74 Å². The van der Waals surface area contributed by atoms with E-state index in [-0.39, 0.29) is 6.04 Å². The highest BCUT2D eigenvalue weighted by Gasteiger charge is 2.18. The van der Waals surface area contributed by atoms with Crippen molar-refractivity contribution in [2.75, 3.05) is 13.7 Å². The van der Waals surface area contributed by atoms with E-state index >= 15 is 0 Å². The average Bonchev–Trinajstić information content (AvgIpc) is 2.63. The molecule has 1 aliphatic rings. The Balaban J connectivity index is 2.01. The molecule has 0 aliphatic heterocycles. The van der Waals surface area contributed by atoms with Crippen LogP contribution in [0, 0.1) is 0 Å². The number of aryl methyl sites for hydroxylation is 2. The van der Waals surface area contributed by atoms with E-state index in [9.17, 15) is 0 Å². The van der Waals surface area contributed by atoms with Crippen molar-refractivity contribution in [3.8, 4) is 0 Å². The lowest BCUT2D eigenvalue weighted by molar-refractivity contribution is 0.190. The maximum absolute atomic E-state index is 6.08. The lowest BCUT2D eigenvalue weighted by Gasteiger charge is -2.17. The molecule has 1 atom stereocenters. The number of fused-ring (bicyclic) bond motifs is 1. The third-order valence-corrected chi connectivity index (χ3v) is 3.12. The third-order valence-electron chi connectivity index (χ3n) is 3.12. The fourth-order valence-corrected chi connectivity index (χ4v) is 2.30. The van der Waals surface area contributed by atoms with Crippen molar-refractivity contribution >= 4 is 0 Å². The number of nitrogens with zero attached hydrogens (tertiary/aromatic N) is 1. The molecular formula is C12H20N2O. The van der Waals surface area contributed by atoms with E-state index in [1.165, 1.54) is 24.0 Å². The van der Waals surface area contributed by atoms with Gasteiger partial charge in [-0.1, -0.05) is 0 Å². The van der Waals surface area contributed by atoms with Crippen LogP contribution >= 0.6 is 0 Å². The number of aromatic nitrogens is 1. The molecule has 3 heteroatoms. The first-order valence-electron chi connectivity index (χ1n) is 5.74. The molecule has 2 rings (SSSR count). The van der Waals surface area contributed by atoms with Crippen LogP contribution in [0.4, 0.5) is 0 Å². The van der Waals surface area contributed by atoms with Gasteiger partial charge in [0.2, 0.25) is 0 Å². The molecule has 0 fully saturated rings. The Morgan fingerprint density at radius 3 is 3.13 bits per heavy atom. The van der Waals surface area contributed by atoms with Crippen LogP contribution in [0.15, 0.2) is 12.4 Å².